The minimum absolute atomic E-state index is 0.0225. The van der Waals surface area contributed by atoms with Crippen LogP contribution in [0.25, 0.3) is 0 Å². The average molecular weight is 175 g/mol. The van der Waals surface area contributed by atoms with E-state index in [0.29, 0.717) is 0 Å². The van der Waals surface area contributed by atoms with Crippen molar-refractivity contribution in [2.75, 3.05) is 13.7 Å². The van der Waals surface area contributed by atoms with Gasteiger partial charge in [0.2, 0.25) is 0 Å². The van der Waals surface area contributed by atoms with E-state index in [9.17, 15) is 10.0 Å². The van der Waals surface area contributed by atoms with E-state index in [1.165, 1.54) is 7.11 Å². The molecule has 0 bridgehead atoms. The van der Waals surface area contributed by atoms with Gasteiger partial charge in [0.25, 0.3) is 0 Å². The van der Waals surface area contributed by atoms with E-state index in [2.05, 4.69) is 5.18 Å². The van der Waals surface area contributed by atoms with E-state index in [0.717, 1.165) is 0 Å². The number of aliphatic hydroxyl groups excluding tert-OH is 1. The van der Waals surface area contributed by atoms with Gasteiger partial charge in [-0.1, -0.05) is 5.18 Å². The number of hydrogen-bond donors (Lipinski definition) is 1. The fraction of sp³-hybridized carbons (Fsp3) is 1.00. The van der Waals surface area contributed by atoms with E-state index in [-0.39, 0.29) is 18.8 Å². The molecule has 0 aromatic rings. The molecule has 1 aliphatic heterocycles. The van der Waals surface area contributed by atoms with Crippen LogP contribution in [0.4, 0.5) is 0 Å². The Hall–Kier alpha value is -0.520. The Morgan fingerprint density at radius 3 is 2.75 bits per heavy atom. The molecule has 1 rings (SSSR count). The summed E-state index contributed by atoms with van der Waals surface area (Å²) in [5.74, 6) is 0. The maximum absolute atomic E-state index is 9.93. The lowest BCUT2D eigenvalue weighted by Crippen LogP contribution is -2.34. The fourth-order valence-corrected chi connectivity index (χ4v) is 1.48. The lowest BCUT2D eigenvalue weighted by Gasteiger charge is -2.14. The van der Waals surface area contributed by atoms with Crippen molar-refractivity contribution in [3.8, 4) is 0 Å². The van der Waals surface area contributed by atoms with Crippen molar-refractivity contribution in [1.82, 2.24) is 0 Å². The number of aliphatic hydroxyl groups is 1. The van der Waals surface area contributed by atoms with Crippen LogP contribution >= 0.6 is 0 Å². The number of hydrogen-bond acceptors (Lipinski definition) is 5. The molecule has 12 heavy (non-hydrogen) atoms. The summed E-state index contributed by atoms with van der Waals surface area (Å²) in [5.41, 5.74) is 0. The van der Waals surface area contributed by atoms with Crippen molar-refractivity contribution in [3.63, 3.8) is 0 Å². The maximum Gasteiger partial charge on any atom is 0.111 e. The molecule has 1 N–H and O–H groups in total. The molecule has 0 aliphatic carbocycles. The van der Waals surface area contributed by atoms with Crippen molar-refractivity contribution < 1.29 is 14.6 Å². The van der Waals surface area contributed by atoms with E-state index in [4.69, 9.17) is 9.47 Å². The van der Waals surface area contributed by atoms with Gasteiger partial charge in [0, 0.05) is 7.11 Å². The molecule has 0 radical (unpaired) electrons. The number of methoxy groups -OCH3 is 1. The lowest BCUT2D eigenvalue weighted by molar-refractivity contribution is -0.00366. The second kappa shape index (κ2) is 3.93. The number of rotatable bonds is 3. The molecule has 1 aliphatic rings. The Balaban J connectivity index is 2.55. The quantitative estimate of drug-likeness (QED) is 0.609. The first-order chi connectivity index (χ1) is 5.70. The summed E-state index contributed by atoms with van der Waals surface area (Å²) in [6.45, 7) is 1.77. The van der Waals surface area contributed by atoms with Crippen LogP contribution in [0.5, 0.6) is 0 Å². The molecule has 1 saturated heterocycles. The van der Waals surface area contributed by atoms with Gasteiger partial charge in [0.15, 0.2) is 0 Å². The Kier molecular flexibility index (Phi) is 3.13. The summed E-state index contributed by atoms with van der Waals surface area (Å²) in [7, 11) is 1.50. The first-order valence-electron chi connectivity index (χ1n) is 3.86. The standard InChI is InChI=1S/C7H13NO4/c1-4-7(11-2)6(9)5(12-4)3-8-10/h4-7,9H,3H2,1-2H3. The molecule has 0 saturated carbocycles. The molecule has 4 atom stereocenters. The normalized spacial score (nSPS) is 41.6. The highest BCUT2D eigenvalue weighted by Gasteiger charge is 2.41. The van der Waals surface area contributed by atoms with Gasteiger partial charge in [-0.25, -0.2) is 0 Å². The fourth-order valence-electron chi connectivity index (χ4n) is 1.48. The molecule has 5 heteroatoms. The second-order valence-corrected chi connectivity index (χ2v) is 2.88. The lowest BCUT2D eigenvalue weighted by atomic mass is 10.1. The molecular formula is C7H13NO4. The van der Waals surface area contributed by atoms with Gasteiger partial charge >= 0.3 is 0 Å². The van der Waals surface area contributed by atoms with Gasteiger partial charge in [-0.3, -0.25) is 0 Å². The summed E-state index contributed by atoms with van der Waals surface area (Å²) in [6.07, 6.45) is -1.79. The number of nitrogens with zero attached hydrogens (tertiary/aromatic N) is 1. The third-order valence-electron chi connectivity index (χ3n) is 2.10. The first-order valence-corrected chi connectivity index (χ1v) is 3.86. The van der Waals surface area contributed by atoms with Gasteiger partial charge in [0.1, 0.15) is 24.9 Å². The van der Waals surface area contributed by atoms with Crippen LogP contribution in [0.2, 0.25) is 0 Å². The van der Waals surface area contributed by atoms with E-state index >= 15 is 0 Å². The van der Waals surface area contributed by atoms with E-state index < -0.39 is 12.2 Å². The van der Waals surface area contributed by atoms with E-state index in [1.807, 2.05) is 0 Å². The van der Waals surface area contributed by atoms with Crippen molar-refractivity contribution in [2.45, 2.75) is 31.3 Å². The Labute approximate surface area is 70.6 Å². The SMILES string of the molecule is COC1C(C)OC(CN=O)C1O. The van der Waals surface area contributed by atoms with Crippen molar-refractivity contribution in [2.24, 2.45) is 5.18 Å². The van der Waals surface area contributed by atoms with Gasteiger partial charge in [-0.2, -0.15) is 4.91 Å². The van der Waals surface area contributed by atoms with Gasteiger partial charge in [-0.05, 0) is 6.92 Å². The molecule has 0 aromatic carbocycles. The molecular weight excluding hydrogens is 162 g/mol. The highest BCUT2D eigenvalue weighted by atomic mass is 16.6. The molecule has 0 spiro atoms. The molecule has 0 aromatic heterocycles. The molecule has 1 heterocycles. The maximum atomic E-state index is 9.93. The van der Waals surface area contributed by atoms with E-state index in [1.54, 1.807) is 6.92 Å². The summed E-state index contributed by atoms with van der Waals surface area (Å²) in [6, 6.07) is 0. The Morgan fingerprint density at radius 1 is 1.67 bits per heavy atom. The zero-order valence-electron chi connectivity index (χ0n) is 7.14. The van der Waals surface area contributed by atoms with Crippen LogP contribution in [-0.4, -0.2) is 43.2 Å². The molecule has 70 valence electrons. The summed E-state index contributed by atoms with van der Waals surface area (Å²) in [4.78, 5) is 9.93. The zero-order valence-corrected chi connectivity index (χ0v) is 7.14. The van der Waals surface area contributed by atoms with Crippen LogP contribution in [0.1, 0.15) is 6.92 Å². The number of ether oxygens (including phenoxy) is 2. The van der Waals surface area contributed by atoms with Gasteiger partial charge < -0.3 is 14.6 Å². The molecule has 4 unspecified atom stereocenters. The predicted molar refractivity (Wildman–Crippen MR) is 41.8 cm³/mol. The summed E-state index contributed by atoms with van der Waals surface area (Å²) >= 11 is 0. The highest BCUT2D eigenvalue weighted by molar-refractivity contribution is 4.90. The van der Waals surface area contributed by atoms with Crippen LogP contribution in [0, 0.1) is 4.91 Å². The molecule has 1 fully saturated rings. The van der Waals surface area contributed by atoms with Crippen molar-refractivity contribution in [3.05, 3.63) is 4.91 Å². The average Bonchev–Trinajstić information content (AvgIpc) is 2.29. The largest absolute Gasteiger partial charge is 0.388 e. The summed E-state index contributed by atoms with van der Waals surface area (Å²) < 4.78 is 10.2. The molecule has 5 nitrogen and oxygen atoms in total. The second-order valence-electron chi connectivity index (χ2n) is 2.88. The summed E-state index contributed by atoms with van der Waals surface area (Å²) in [5, 5.41) is 12.2. The highest BCUT2D eigenvalue weighted by Crippen LogP contribution is 2.23. The molecule has 0 amide bonds. The van der Waals surface area contributed by atoms with Crippen LogP contribution in [-0.2, 0) is 9.47 Å². The predicted octanol–water partition coefficient (Wildman–Crippen LogP) is -0.0840. The van der Waals surface area contributed by atoms with Crippen LogP contribution < -0.4 is 0 Å². The van der Waals surface area contributed by atoms with Crippen molar-refractivity contribution in [1.29, 1.82) is 0 Å². The third kappa shape index (κ3) is 1.63. The van der Waals surface area contributed by atoms with Gasteiger partial charge in [0.05, 0.1) is 6.10 Å². The van der Waals surface area contributed by atoms with Crippen LogP contribution in [0.3, 0.4) is 0 Å². The number of nitroso groups, excluding NO2 is 1. The van der Waals surface area contributed by atoms with Gasteiger partial charge in [-0.15, -0.1) is 0 Å². The minimum atomic E-state index is -0.748. The Morgan fingerprint density at radius 2 is 2.33 bits per heavy atom. The Bertz CT molecular complexity index is 163. The van der Waals surface area contributed by atoms with Crippen molar-refractivity contribution >= 4 is 0 Å². The zero-order chi connectivity index (χ0) is 9.14. The smallest absolute Gasteiger partial charge is 0.111 e. The first kappa shape index (κ1) is 9.57. The third-order valence-corrected chi connectivity index (χ3v) is 2.10. The minimum Gasteiger partial charge on any atom is -0.388 e. The monoisotopic (exact) mass is 175 g/mol. The van der Waals surface area contributed by atoms with Crippen LogP contribution in [0.15, 0.2) is 5.18 Å². The topological polar surface area (TPSA) is 68.1 Å².